The molecule has 8 heteroatoms. The molecule has 32 heavy (non-hydrogen) atoms. The standard InChI is InChI=1S/C24H25ClN4O3/c1-32-21-8-6-20(7-9-21)29-23(30)11-10-22(27-29)28-14-12-18(13-15-28)24(31)26-16-17-2-4-19(25)5-3-17/h2-11,18H,12-16H2,1H3,(H,26,31). The molecule has 1 saturated heterocycles. The minimum atomic E-state index is -0.199. The molecule has 2 aromatic carbocycles. The smallest absolute Gasteiger partial charge is 0.271 e. The molecule has 1 aromatic heterocycles. The van der Waals surface area contributed by atoms with Crippen LogP contribution < -0.4 is 20.5 Å². The molecule has 1 N–H and O–H groups in total. The van der Waals surface area contributed by atoms with E-state index < -0.39 is 0 Å². The van der Waals surface area contributed by atoms with Crippen molar-refractivity contribution in [2.75, 3.05) is 25.1 Å². The first-order valence-corrected chi connectivity index (χ1v) is 10.9. The van der Waals surface area contributed by atoms with E-state index in [9.17, 15) is 9.59 Å². The van der Waals surface area contributed by atoms with E-state index in [0.717, 1.165) is 30.0 Å². The number of amides is 1. The molecule has 7 nitrogen and oxygen atoms in total. The predicted molar refractivity (Wildman–Crippen MR) is 125 cm³/mol. The van der Waals surface area contributed by atoms with Crippen molar-refractivity contribution in [3.05, 3.63) is 81.6 Å². The van der Waals surface area contributed by atoms with Gasteiger partial charge in [0.05, 0.1) is 12.8 Å². The van der Waals surface area contributed by atoms with Crippen LogP contribution in [0.15, 0.2) is 65.5 Å². The fourth-order valence-corrected chi connectivity index (χ4v) is 3.91. The van der Waals surface area contributed by atoms with Crippen LogP contribution in [0.25, 0.3) is 5.69 Å². The lowest BCUT2D eigenvalue weighted by atomic mass is 9.96. The molecular weight excluding hydrogens is 428 g/mol. The lowest BCUT2D eigenvalue weighted by Crippen LogP contribution is -2.41. The number of halogens is 1. The fourth-order valence-electron chi connectivity index (χ4n) is 3.79. The summed E-state index contributed by atoms with van der Waals surface area (Å²) in [5.74, 6) is 1.47. The lowest BCUT2D eigenvalue weighted by molar-refractivity contribution is -0.125. The number of methoxy groups -OCH3 is 1. The maximum Gasteiger partial charge on any atom is 0.271 e. The van der Waals surface area contributed by atoms with Crippen LogP contribution in [0.5, 0.6) is 5.75 Å². The van der Waals surface area contributed by atoms with Crippen LogP contribution in [0.4, 0.5) is 5.82 Å². The van der Waals surface area contributed by atoms with Gasteiger partial charge in [0.2, 0.25) is 5.91 Å². The van der Waals surface area contributed by atoms with Crippen molar-refractivity contribution in [1.29, 1.82) is 0 Å². The Bertz CT molecular complexity index is 1120. The van der Waals surface area contributed by atoms with Crippen molar-refractivity contribution in [2.45, 2.75) is 19.4 Å². The van der Waals surface area contributed by atoms with Crippen molar-refractivity contribution in [3.8, 4) is 11.4 Å². The summed E-state index contributed by atoms with van der Waals surface area (Å²) in [6.45, 7) is 1.89. The highest BCUT2D eigenvalue weighted by atomic mass is 35.5. The van der Waals surface area contributed by atoms with E-state index in [1.165, 1.54) is 10.7 Å². The number of hydrogen-bond donors (Lipinski definition) is 1. The van der Waals surface area contributed by atoms with Gasteiger partial charge >= 0.3 is 0 Å². The van der Waals surface area contributed by atoms with Gasteiger partial charge in [0.25, 0.3) is 5.56 Å². The van der Waals surface area contributed by atoms with E-state index in [2.05, 4.69) is 15.3 Å². The van der Waals surface area contributed by atoms with Gasteiger partial charge in [-0.15, -0.1) is 5.10 Å². The summed E-state index contributed by atoms with van der Waals surface area (Å²) in [6, 6.07) is 17.9. The van der Waals surface area contributed by atoms with Crippen LogP contribution in [0.1, 0.15) is 18.4 Å². The SMILES string of the molecule is COc1ccc(-n2nc(N3CCC(C(=O)NCc4ccc(Cl)cc4)CC3)ccc2=O)cc1. The minimum absolute atomic E-state index is 0.0361. The number of aromatic nitrogens is 2. The summed E-state index contributed by atoms with van der Waals surface area (Å²) < 4.78 is 6.57. The number of rotatable bonds is 6. The Labute approximate surface area is 191 Å². The minimum Gasteiger partial charge on any atom is -0.497 e. The van der Waals surface area contributed by atoms with Gasteiger partial charge in [0.15, 0.2) is 0 Å². The van der Waals surface area contributed by atoms with E-state index in [4.69, 9.17) is 16.3 Å². The largest absolute Gasteiger partial charge is 0.497 e. The van der Waals surface area contributed by atoms with Crippen molar-refractivity contribution in [1.82, 2.24) is 15.1 Å². The summed E-state index contributed by atoms with van der Waals surface area (Å²) >= 11 is 5.90. The number of nitrogens with zero attached hydrogens (tertiary/aromatic N) is 3. The van der Waals surface area contributed by atoms with Crippen LogP contribution in [0.3, 0.4) is 0 Å². The fraction of sp³-hybridized carbons (Fsp3) is 0.292. The molecule has 1 fully saturated rings. The maximum atomic E-state index is 12.6. The zero-order valence-corrected chi connectivity index (χ0v) is 18.6. The van der Waals surface area contributed by atoms with Crippen LogP contribution >= 0.6 is 11.6 Å². The van der Waals surface area contributed by atoms with Crippen molar-refractivity contribution in [2.24, 2.45) is 5.92 Å². The number of benzene rings is 2. The highest BCUT2D eigenvalue weighted by Gasteiger charge is 2.25. The zero-order valence-electron chi connectivity index (χ0n) is 17.8. The first kappa shape index (κ1) is 21.9. The number of carbonyl (C=O) groups is 1. The molecular formula is C24H25ClN4O3. The Hall–Kier alpha value is -3.32. The van der Waals surface area contributed by atoms with Gasteiger partial charge in [-0.25, -0.2) is 0 Å². The lowest BCUT2D eigenvalue weighted by Gasteiger charge is -2.32. The van der Waals surface area contributed by atoms with E-state index in [1.807, 2.05) is 24.3 Å². The van der Waals surface area contributed by atoms with E-state index >= 15 is 0 Å². The molecule has 0 saturated carbocycles. The second kappa shape index (κ2) is 9.87. The molecule has 0 atom stereocenters. The zero-order chi connectivity index (χ0) is 22.5. The van der Waals surface area contributed by atoms with Crippen molar-refractivity contribution < 1.29 is 9.53 Å². The van der Waals surface area contributed by atoms with Gasteiger partial charge < -0.3 is 15.0 Å². The average Bonchev–Trinajstić information content (AvgIpc) is 2.84. The van der Waals surface area contributed by atoms with Crippen LogP contribution in [-0.4, -0.2) is 35.9 Å². The third kappa shape index (κ3) is 5.11. The Balaban J connectivity index is 1.36. The third-order valence-corrected chi connectivity index (χ3v) is 5.92. The molecule has 166 valence electrons. The molecule has 1 aliphatic rings. The van der Waals surface area contributed by atoms with E-state index in [1.54, 1.807) is 37.4 Å². The number of carbonyl (C=O) groups excluding carboxylic acids is 1. The average molecular weight is 453 g/mol. The van der Waals surface area contributed by atoms with Crippen LogP contribution in [-0.2, 0) is 11.3 Å². The molecule has 0 bridgehead atoms. The predicted octanol–water partition coefficient (Wildman–Crippen LogP) is 3.43. The molecule has 1 amide bonds. The molecule has 2 heterocycles. The van der Waals surface area contributed by atoms with Gasteiger partial charge in [0.1, 0.15) is 11.6 Å². The maximum absolute atomic E-state index is 12.6. The van der Waals surface area contributed by atoms with Gasteiger partial charge in [-0.2, -0.15) is 4.68 Å². The second-order valence-electron chi connectivity index (χ2n) is 7.75. The Morgan fingerprint density at radius 3 is 2.41 bits per heavy atom. The Morgan fingerprint density at radius 2 is 1.75 bits per heavy atom. The molecule has 3 aromatic rings. The molecule has 0 radical (unpaired) electrons. The van der Waals surface area contributed by atoms with Gasteiger partial charge in [0, 0.05) is 36.6 Å². The Kier molecular flexibility index (Phi) is 6.75. The number of piperidine rings is 1. The first-order valence-electron chi connectivity index (χ1n) is 10.6. The Morgan fingerprint density at radius 1 is 1.06 bits per heavy atom. The summed E-state index contributed by atoms with van der Waals surface area (Å²) in [7, 11) is 1.60. The van der Waals surface area contributed by atoms with Gasteiger partial charge in [-0.05, 0) is 60.9 Å². The summed E-state index contributed by atoms with van der Waals surface area (Å²) in [5, 5.41) is 8.25. The highest BCUT2D eigenvalue weighted by Crippen LogP contribution is 2.22. The first-order chi connectivity index (χ1) is 15.5. The van der Waals surface area contributed by atoms with Crippen LogP contribution in [0, 0.1) is 5.92 Å². The molecule has 0 unspecified atom stereocenters. The van der Waals surface area contributed by atoms with Gasteiger partial charge in [-0.3, -0.25) is 9.59 Å². The summed E-state index contributed by atoms with van der Waals surface area (Å²) in [5.41, 5.74) is 1.50. The molecule has 1 aliphatic heterocycles. The molecule has 0 spiro atoms. The quantitative estimate of drug-likeness (QED) is 0.620. The van der Waals surface area contributed by atoms with Crippen LogP contribution in [0.2, 0.25) is 5.02 Å². The third-order valence-electron chi connectivity index (χ3n) is 5.67. The van der Waals surface area contributed by atoms with E-state index in [-0.39, 0.29) is 17.4 Å². The summed E-state index contributed by atoms with van der Waals surface area (Å²) in [6.07, 6.45) is 1.46. The normalized spacial score (nSPS) is 14.2. The topological polar surface area (TPSA) is 76.5 Å². The number of hydrogen-bond acceptors (Lipinski definition) is 5. The van der Waals surface area contributed by atoms with E-state index in [0.29, 0.717) is 30.3 Å². The number of ether oxygens (including phenoxy) is 1. The number of anilines is 1. The molecule has 4 rings (SSSR count). The summed E-state index contributed by atoms with van der Waals surface area (Å²) in [4.78, 5) is 27.1. The molecule has 0 aliphatic carbocycles. The van der Waals surface area contributed by atoms with Crippen molar-refractivity contribution in [3.63, 3.8) is 0 Å². The van der Waals surface area contributed by atoms with Gasteiger partial charge in [-0.1, -0.05) is 23.7 Å². The monoisotopic (exact) mass is 452 g/mol. The van der Waals surface area contributed by atoms with Crippen molar-refractivity contribution >= 4 is 23.3 Å². The number of nitrogens with one attached hydrogen (secondary N) is 1. The second-order valence-corrected chi connectivity index (χ2v) is 8.18. The highest BCUT2D eigenvalue weighted by molar-refractivity contribution is 6.30.